The highest BCUT2D eigenvalue weighted by atomic mass is 32.2. The molecule has 0 spiro atoms. The van der Waals surface area contributed by atoms with Crippen molar-refractivity contribution in [3.8, 4) is 22.3 Å². The van der Waals surface area contributed by atoms with Gasteiger partial charge in [0.15, 0.2) is 5.05 Å². The highest BCUT2D eigenvalue weighted by molar-refractivity contribution is 7.85. The second-order valence-corrected chi connectivity index (χ2v) is 10.1. The molecule has 0 saturated heterocycles. The molecular formula is C25H25NO2S2. The van der Waals surface area contributed by atoms with Gasteiger partial charge in [-0.25, -0.2) is 4.21 Å². The number of benzene rings is 3. The van der Waals surface area contributed by atoms with E-state index in [1.54, 1.807) is 13.3 Å². The quantitative estimate of drug-likeness (QED) is 0.352. The minimum atomic E-state index is -1.35. The largest absolute Gasteiger partial charge is 0.486 e. The van der Waals surface area contributed by atoms with Crippen LogP contribution in [0.15, 0.2) is 77.2 Å². The molecule has 154 valence electrons. The first-order chi connectivity index (χ1) is 14.3. The molecule has 0 aromatic heterocycles. The van der Waals surface area contributed by atoms with Crippen LogP contribution in [0.2, 0.25) is 0 Å². The maximum absolute atomic E-state index is 12.5. The Kier molecular flexibility index (Phi) is 6.95. The molecule has 0 radical (unpaired) electrons. The number of rotatable bonds is 5. The summed E-state index contributed by atoms with van der Waals surface area (Å²) in [5.41, 5.74) is 5.80. The van der Waals surface area contributed by atoms with Crippen LogP contribution in [0.25, 0.3) is 22.3 Å². The third kappa shape index (κ3) is 5.10. The maximum atomic E-state index is 12.5. The van der Waals surface area contributed by atoms with Gasteiger partial charge in [0.1, 0.15) is 11.0 Å². The van der Waals surface area contributed by atoms with E-state index in [0.717, 1.165) is 33.4 Å². The molecule has 0 saturated carbocycles. The van der Waals surface area contributed by atoms with Crippen LogP contribution in [0.1, 0.15) is 31.9 Å². The lowest BCUT2D eigenvalue weighted by Crippen LogP contribution is -2.19. The first-order valence-corrected chi connectivity index (χ1v) is 11.2. The Morgan fingerprint density at radius 1 is 0.933 bits per heavy atom. The number of nitrogens with zero attached hydrogens (tertiary/aromatic N) is 1. The number of thiocarbonyl (C=S) groups is 1. The highest BCUT2D eigenvalue weighted by Crippen LogP contribution is 2.31. The van der Waals surface area contributed by atoms with E-state index in [0.29, 0.717) is 5.05 Å². The van der Waals surface area contributed by atoms with Crippen LogP contribution >= 0.6 is 12.2 Å². The van der Waals surface area contributed by atoms with Crippen molar-refractivity contribution in [2.45, 2.75) is 25.5 Å². The van der Waals surface area contributed by atoms with Gasteiger partial charge in [0.25, 0.3) is 0 Å². The van der Waals surface area contributed by atoms with Crippen molar-refractivity contribution in [3.63, 3.8) is 0 Å². The average Bonchev–Trinajstić information content (AvgIpc) is 2.76. The van der Waals surface area contributed by atoms with Gasteiger partial charge in [0.2, 0.25) is 0 Å². The fourth-order valence-corrected chi connectivity index (χ4v) is 3.70. The summed E-state index contributed by atoms with van der Waals surface area (Å²) in [7, 11) is 0.225. The van der Waals surface area contributed by atoms with Gasteiger partial charge in [-0.1, -0.05) is 60.7 Å². The fraction of sp³-hybridized carbons (Fsp3) is 0.200. The minimum Gasteiger partial charge on any atom is -0.486 e. The van der Waals surface area contributed by atoms with Crippen LogP contribution in [-0.4, -0.2) is 27.3 Å². The Balaban J connectivity index is 2.17. The SMILES string of the molecule is COC(=S)c1ccccc1-c1ccc(-c2ccccc2)cc1/C=N\S(=O)C(C)(C)C. The summed E-state index contributed by atoms with van der Waals surface area (Å²) in [6.45, 7) is 5.73. The summed E-state index contributed by atoms with van der Waals surface area (Å²) in [4.78, 5) is 0. The molecule has 0 bridgehead atoms. The summed E-state index contributed by atoms with van der Waals surface area (Å²) in [5.74, 6) is 0. The van der Waals surface area contributed by atoms with E-state index in [1.807, 2.05) is 63.2 Å². The summed E-state index contributed by atoms with van der Waals surface area (Å²) >= 11 is 5.41. The lowest BCUT2D eigenvalue weighted by molar-refractivity contribution is 0.416. The molecule has 3 aromatic carbocycles. The summed E-state index contributed by atoms with van der Waals surface area (Å²) in [6, 6.07) is 24.2. The van der Waals surface area contributed by atoms with E-state index in [4.69, 9.17) is 17.0 Å². The summed E-state index contributed by atoms with van der Waals surface area (Å²) in [5, 5.41) is 0.430. The highest BCUT2D eigenvalue weighted by Gasteiger charge is 2.19. The van der Waals surface area contributed by atoms with Crippen LogP contribution < -0.4 is 0 Å². The van der Waals surface area contributed by atoms with E-state index in [2.05, 4.69) is 34.7 Å². The summed E-state index contributed by atoms with van der Waals surface area (Å²) in [6.07, 6.45) is 1.70. The fourth-order valence-electron chi connectivity index (χ4n) is 2.99. The third-order valence-electron chi connectivity index (χ3n) is 4.59. The molecule has 0 heterocycles. The zero-order valence-corrected chi connectivity index (χ0v) is 19.2. The normalized spacial score (nSPS) is 12.7. The molecule has 30 heavy (non-hydrogen) atoms. The maximum Gasteiger partial charge on any atom is 0.191 e. The molecule has 0 amide bonds. The first-order valence-electron chi connectivity index (χ1n) is 9.64. The molecule has 1 atom stereocenters. The molecule has 3 nitrogen and oxygen atoms in total. The van der Waals surface area contributed by atoms with Crippen molar-refractivity contribution in [3.05, 3.63) is 83.9 Å². The number of ether oxygens (including phenoxy) is 1. The first kappa shape index (κ1) is 22.1. The Morgan fingerprint density at radius 2 is 1.60 bits per heavy atom. The smallest absolute Gasteiger partial charge is 0.191 e. The molecule has 5 heteroatoms. The molecular weight excluding hydrogens is 410 g/mol. The van der Waals surface area contributed by atoms with Gasteiger partial charge in [-0.15, -0.1) is 0 Å². The van der Waals surface area contributed by atoms with Gasteiger partial charge in [-0.05, 0) is 67.4 Å². The lowest BCUT2D eigenvalue weighted by Gasteiger charge is -2.15. The van der Waals surface area contributed by atoms with Crippen molar-refractivity contribution in [1.82, 2.24) is 0 Å². The molecule has 0 N–H and O–H groups in total. The molecule has 1 unspecified atom stereocenters. The van der Waals surface area contributed by atoms with Crippen molar-refractivity contribution in [1.29, 1.82) is 0 Å². The second kappa shape index (κ2) is 9.45. The predicted octanol–water partition coefficient (Wildman–Crippen LogP) is 6.22. The Morgan fingerprint density at radius 3 is 2.27 bits per heavy atom. The van der Waals surface area contributed by atoms with E-state index < -0.39 is 15.7 Å². The zero-order valence-electron chi connectivity index (χ0n) is 17.6. The minimum absolute atomic E-state index is 0.427. The Hall–Kier alpha value is -2.63. The zero-order chi connectivity index (χ0) is 21.7. The molecule has 0 aliphatic carbocycles. The Labute approximate surface area is 186 Å². The van der Waals surface area contributed by atoms with Gasteiger partial charge in [0.05, 0.1) is 11.9 Å². The molecule has 3 rings (SSSR count). The van der Waals surface area contributed by atoms with E-state index in [-0.39, 0.29) is 0 Å². The molecule has 0 aliphatic rings. The third-order valence-corrected chi connectivity index (χ3v) is 6.32. The Bertz CT molecular complexity index is 1100. The molecule has 3 aromatic rings. The van der Waals surface area contributed by atoms with Crippen molar-refractivity contribution in [2.24, 2.45) is 4.40 Å². The number of hydrogen-bond donors (Lipinski definition) is 0. The molecule has 0 fully saturated rings. The summed E-state index contributed by atoms with van der Waals surface area (Å²) < 4.78 is 21.8. The average molecular weight is 436 g/mol. The van der Waals surface area contributed by atoms with Crippen molar-refractivity contribution >= 4 is 34.5 Å². The van der Waals surface area contributed by atoms with E-state index >= 15 is 0 Å². The van der Waals surface area contributed by atoms with Gasteiger partial charge in [0, 0.05) is 17.3 Å². The second-order valence-electron chi connectivity index (χ2n) is 7.80. The van der Waals surface area contributed by atoms with Gasteiger partial charge in [-0.3, -0.25) is 0 Å². The lowest BCUT2D eigenvalue weighted by atomic mass is 9.93. The predicted molar refractivity (Wildman–Crippen MR) is 132 cm³/mol. The van der Waals surface area contributed by atoms with Crippen molar-refractivity contribution in [2.75, 3.05) is 7.11 Å². The van der Waals surface area contributed by atoms with Crippen LogP contribution in [-0.2, 0) is 15.7 Å². The van der Waals surface area contributed by atoms with Gasteiger partial charge in [-0.2, -0.15) is 4.40 Å². The van der Waals surface area contributed by atoms with Crippen LogP contribution in [0, 0.1) is 0 Å². The molecule has 0 aliphatic heterocycles. The van der Waals surface area contributed by atoms with E-state index in [1.165, 1.54) is 0 Å². The van der Waals surface area contributed by atoms with Gasteiger partial charge < -0.3 is 4.74 Å². The number of hydrogen-bond acceptors (Lipinski definition) is 3. The van der Waals surface area contributed by atoms with Crippen molar-refractivity contribution < 1.29 is 8.95 Å². The topological polar surface area (TPSA) is 38.7 Å². The van der Waals surface area contributed by atoms with Crippen LogP contribution in [0.5, 0.6) is 0 Å². The monoisotopic (exact) mass is 435 g/mol. The van der Waals surface area contributed by atoms with Crippen LogP contribution in [0.3, 0.4) is 0 Å². The number of methoxy groups -OCH3 is 1. The standard InChI is InChI=1S/C25H25NO2S2/c1-25(2,3)30(27)26-17-20-16-19(18-10-6-5-7-11-18)14-15-21(20)22-12-8-9-13-23(22)24(29)28-4/h5-17H,1-4H3/b26-17-. The van der Waals surface area contributed by atoms with E-state index in [9.17, 15) is 4.21 Å². The van der Waals surface area contributed by atoms with Crippen LogP contribution in [0.4, 0.5) is 0 Å². The van der Waals surface area contributed by atoms with Gasteiger partial charge >= 0.3 is 0 Å².